The summed E-state index contributed by atoms with van der Waals surface area (Å²) in [5, 5.41) is 3.31. The van der Waals surface area contributed by atoms with Gasteiger partial charge in [0, 0.05) is 25.2 Å². The van der Waals surface area contributed by atoms with Crippen LogP contribution in [0.2, 0.25) is 0 Å². The monoisotopic (exact) mass is 276 g/mol. The fourth-order valence-electron chi connectivity index (χ4n) is 3.06. The van der Waals surface area contributed by atoms with Gasteiger partial charge in [0.25, 0.3) is 0 Å². The number of anilines is 2. The smallest absolute Gasteiger partial charge is 0.137 e. The summed E-state index contributed by atoms with van der Waals surface area (Å²) in [4.78, 5) is 11.3. The van der Waals surface area contributed by atoms with Crippen molar-refractivity contribution < 1.29 is 0 Å². The van der Waals surface area contributed by atoms with Gasteiger partial charge in [0.05, 0.1) is 0 Å². The van der Waals surface area contributed by atoms with Gasteiger partial charge in [-0.3, -0.25) is 0 Å². The molecule has 0 aliphatic carbocycles. The molecular weight excluding hydrogens is 248 g/mol. The van der Waals surface area contributed by atoms with E-state index in [1.54, 1.807) is 6.33 Å². The van der Waals surface area contributed by atoms with Crippen molar-refractivity contribution in [3.63, 3.8) is 0 Å². The highest BCUT2D eigenvalue weighted by Gasteiger charge is 2.29. The molecule has 112 valence electrons. The zero-order valence-corrected chi connectivity index (χ0v) is 13.5. The van der Waals surface area contributed by atoms with Crippen LogP contribution >= 0.6 is 0 Å². The molecule has 2 rings (SSSR count). The minimum Gasteiger partial charge on any atom is -0.370 e. The van der Waals surface area contributed by atoms with Crippen LogP contribution in [0.5, 0.6) is 0 Å². The Kier molecular flexibility index (Phi) is 4.51. The van der Waals surface area contributed by atoms with Gasteiger partial charge in [-0.15, -0.1) is 0 Å². The van der Waals surface area contributed by atoms with Gasteiger partial charge in [-0.2, -0.15) is 0 Å². The van der Waals surface area contributed by atoms with E-state index in [0.29, 0.717) is 5.41 Å². The van der Waals surface area contributed by atoms with E-state index in [1.807, 2.05) is 0 Å². The summed E-state index contributed by atoms with van der Waals surface area (Å²) in [6, 6.07) is 0. The molecule has 1 aliphatic heterocycles. The molecule has 20 heavy (non-hydrogen) atoms. The first kappa shape index (κ1) is 15.1. The quantitative estimate of drug-likeness (QED) is 0.917. The highest BCUT2D eigenvalue weighted by atomic mass is 15.2. The van der Waals surface area contributed by atoms with Gasteiger partial charge in [-0.25, -0.2) is 9.97 Å². The van der Waals surface area contributed by atoms with Crippen molar-refractivity contribution in [1.29, 1.82) is 0 Å². The molecule has 1 aliphatic rings. The number of hydrogen-bond acceptors (Lipinski definition) is 4. The molecule has 1 N–H and O–H groups in total. The molecule has 2 heterocycles. The molecule has 0 amide bonds. The van der Waals surface area contributed by atoms with E-state index in [4.69, 9.17) is 0 Å². The van der Waals surface area contributed by atoms with Crippen molar-refractivity contribution in [2.24, 2.45) is 11.3 Å². The maximum Gasteiger partial charge on any atom is 0.137 e. The predicted molar refractivity (Wildman–Crippen MR) is 85.3 cm³/mol. The summed E-state index contributed by atoms with van der Waals surface area (Å²) < 4.78 is 0. The summed E-state index contributed by atoms with van der Waals surface area (Å²) in [7, 11) is 0. The van der Waals surface area contributed by atoms with Gasteiger partial charge in [-0.05, 0) is 38.0 Å². The SMILES string of the molecule is CCNc1ncnc(N2CCC(C(C)(C)C)CC2)c1C. The highest BCUT2D eigenvalue weighted by Crippen LogP contribution is 2.36. The van der Waals surface area contributed by atoms with Gasteiger partial charge in [0.2, 0.25) is 0 Å². The van der Waals surface area contributed by atoms with Crippen LogP contribution in [-0.2, 0) is 0 Å². The van der Waals surface area contributed by atoms with Gasteiger partial charge in [-0.1, -0.05) is 20.8 Å². The number of aromatic nitrogens is 2. The number of nitrogens with zero attached hydrogens (tertiary/aromatic N) is 3. The minimum atomic E-state index is 0.418. The third kappa shape index (κ3) is 3.22. The van der Waals surface area contributed by atoms with Gasteiger partial charge in [0.1, 0.15) is 18.0 Å². The lowest BCUT2D eigenvalue weighted by molar-refractivity contribution is 0.198. The average Bonchev–Trinajstić information content (AvgIpc) is 2.41. The Labute approximate surface area is 123 Å². The topological polar surface area (TPSA) is 41.1 Å². The number of nitrogens with one attached hydrogen (secondary N) is 1. The second-order valence-electron chi connectivity index (χ2n) is 6.83. The fourth-order valence-corrected chi connectivity index (χ4v) is 3.06. The Balaban J connectivity index is 2.09. The normalized spacial score (nSPS) is 17.4. The van der Waals surface area contributed by atoms with Crippen LogP contribution in [0.15, 0.2) is 6.33 Å². The van der Waals surface area contributed by atoms with E-state index < -0.39 is 0 Å². The number of rotatable bonds is 3. The molecule has 0 spiro atoms. The van der Waals surface area contributed by atoms with E-state index in [9.17, 15) is 0 Å². The molecule has 1 saturated heterocycles. The standard InChI is InChI=1S/C16H28N4/c1-6-17-14-12(2)15(19-11-18-14)20-9-7-13(8-10-20)16(3,4)5/h11,13H,6-10H2,1-5H3,(H,17,18,19). The zero-order chi connectivity index (χ0) is 14.8. The van der Waals surface area contributed by atoms with E-state index in [1.165, 1.54) is 18.4 Å². The van der Waals surface area contributed by atoms with Gasteiger partial charge >= 0.3 is 0 Å². The Morgan fingerprint density at radius 2 is 1.90 bits per heavy atom. The molecule has 0 radical (unpaired) electrons. The maximum atomic E-state index is 4.51. The summed E-state index contributed by atoms with van der Waals surface area (Å²) in [5.74, 6) is 2.88. The molecule has 0 unspecified atom stereocenters. The first-order valence-corrected chi connectivity index (χ1v) is 7.74. The number of hydrogen-bond donors (Lipinski definition) is 1. The van der Waals surface area contributed by atoms with Crippen molar-refractivity contribution >= 4 is 11.6 Å². The first-order chi connectivity index (χ1) is 9.43. The molecule has 1 fully saturated rings. The molecular formula is C16H28N4. The van der Waals surface area contributed by atoms with Crippen molar-refractivity contribution in [3.8, 4) is 0 Å². The summed E-state index contributed by atoms with van der Waals surface area (Å²) in [6.45, 7) is 14.4. The number of piperidine rings is 1. The maximum absolute atomic E-state index is 4.51. The fraction of sp³-hybridized carbons (Fsp3) is 0.750. The van der Waals surface area contributed by atoms with Gasteiger partial charge < -0.3 is 10.2 Å². The molecule has 0 bridgehead atoms. The summed E-state index contributed by atoms with van der Waals surface area (Å²) in [5.41, 5.74) is 1.59. The van der Waals surface area contributed by atoms with Crippen LogP contribution in [0.4, 0.5) is 11.6 Å². The highest BCUT2D eigenvalue weighted by molar-refractivity contribution is 5.58. The van der Waals surface area contributed by atoms with E-state index in [-0.39, 0.29) is 0 Å². The van der Waals surface area contributed by atoms with E-state index >= 15 is 0 Å². The van der Waals surface area contributed by atoms with E-state index in [0.717, 1.165) is 37.2 Å². The lowest BCUT2D eigenvalue weighted by Gasteiger charge is -2.39. The minimum absolute atomic E-state index is 0.418. The second-order valence-corrected chi connectivity index (χ2v) is 6.83. The van der Waals surface area contributed by atoms with Crippen molar-refractivity contribution in [1.82, 2.24) is 9.97 Å². The zero-order valence-electron chi connectivity index (χ0n) is 13.5. The molecule has 4 heteroatoms. The third-order valence-electron chi connectivity index (χ3n) is 4.42. The van der Waals surface area contributed by atoms with Crippen molar-refractivity contribution in [2.75, 3.05) is 29.9 Å². The van der Waals surface area contributed by atoms with Crippen molar-refractivity contribution in [2.45, 2.75) is 47.5 Å². The van der Waals surface area contributed by atoms with Crippen molar-refractivity contribution in [3.05, 3.63) is 11.9 Å². The molecule has 1 aromatic rings. The van der Waals surface area contributed by atoms with E-state index in [2.05, 4.69) is 54.8 Å². The lowest BCUT2D eigenvalue weighted by atomic mass is 9.75. The Morgan fingerprint density at radius 1 is 1.25 bits per heavy atom. The second kappa shape index (κ2) is 5.98. The van der Waals surface area contributed by atoms with Gasteiger partial charge in [0.15, 0.2) is 0 Å². The molecule has 0 aromatic carbocycles. The van der Waals surface area contributed by atoms with Crippen LogP contribution in [0, 0.1) is 18.3 Å². The average molecular weight is 276 g/mol. The predicted octanol–water partition coefficient (Wildman–Crippen LogP) is 3.48. The van der Waals surface area contributed by atoms with Crippen LogP contribution in [0.25, 0.3) is 0 Å². The summed E-state index contributed by atoms with van der Waals surface area (Å²) >= 11 is 0. The Hall–Kier alpha value is -1.32. The van der Waals surface area contributed by atoms with Crippen LogP contribution in [0.3, 0.4) is 0 Å². The molecule has 0 saturated carbocycles. The Bertz CT molecular complexity index is 442. The van der Waals surface area contributed by atoms with Crippen LogP contribution < -0.4 is 10.2 Å². The molecule has 1 aromatic heterocycles. The van der Waals surface area contributed by atoms with Crippen LogP contribution in [0.1, 0.15) is 46.1 Å². The lowest BCUT2D eigenvalue weighted by Crippen LogP contribution is -2.38. The Morgan fingerprint density at radius 3 is 2.45 bits per heavy atom. The molecule has 0 atom stereocenters. The summed E-state index contributed by atoms with van der Waals surface area (Å²) in [6.07, 6.45) is 4.18. The third-order valence-corrected chi connectivity index (χ3v) is 4.42. The molecule has 4 nitrogen and oxygen atoms in total. The van der Waals surface area contributed by atoms with Crippen LogP contribution in [-0.4, -0.2) is 29.6 Å². The first-order valence-electron chi connectivity index (χ1n) is 7.74. The largest absolute Gasteiger partial charge is 0.370 e.